The number of fused-ring (bicyclic) bond motifs is 4. The number of amides is 2. The molecule has 0 bridgehead atoms. The molecule has 176 valence electrons. The Balaban J connectivity index is 1.44. The van der Waals surface area contributed by atoms with E-state index in [4.69, 9.17) is 4.74 Å². The predicted octanol–water partition coefficient (Wildman–Crippen LogP) is 4.16. The molecule has 2 aromatic carbocycles. The van der Waals surface area contributed by atoms with Crippen LogP contribution in [0.25, 0.3) is 10.9 Å². The first-order chi connectivity index (χ1) is 16.5. The lowest BCUT2D eigenvalue weighted by Gasteiger charge is -2.47. The Hall–Kier alpha value is -3.12. The summed E-state index contributed by atoms with van der Waals surface area (Å²) in [5.74, 6) is 0.473. The third-order valence-electron chi connectivity index (χ3n) is 7.71. The number of aromatic amines is 1. The van der Waals surface area contributed by atoms with Crippen molar-refractivity contribution in [3.63, 3.8) is 0 Å². The number of hydrogen-bond acceptors (Lipinski definition) is 3. The SMILES string of the molecule is CC(C)c1ccc([C@H]2c3[nH]c4ccccc4c3C[C@H]3C(=O)N(C[C@@H]4CCCO4)CC(=O)N23)cc1. The first-order valence-corrected chi connectivity index (χ1v) is 12.4. The first kappa shape index (κ1) is 21.4. The zero-order chi connectivity index (χ0) is 23.4. The van der Waals surface area contributed by atoms with Gasteiger partial charge in [-0.2, -0.15) is 0 Å². The van der Waals surface area contributed by atoms with Gasteiger partial charge in [-0.15, -0.1) is 0 Å². The van der Waals surface area contributed by atoms with Gasteiger partial charge in [0.15, 0.2) is 0 Å². The van der Waals surface area contributed by atoms with Crippen molar-refractivity contribution in [2.75, 3.05) is 19.7 Å². The number of carbonyl (C=O) groups excluding carboxylic acids is 2. The van der Waals surface area contributed by atoms with Gasteiger partial charge in [0.05, 0.1) is 18.7 Å². The minimum absolute atomic E-state index is 0.00448. The molecule has 2 fully saturated rings. The molecule has 3 aliphatic rings. The average Bonchev–Trinajstić information content (AvgIpc) is 3.49. The molecule has 3 aromatic rings. The second-order valence-electron chi connectivity index (χ2n) is 10.2. The van der Waals surface area contributed by atoms with E-state index in [1.165, 1.54) is 5.56 Å². The molecule has 2 saturated heterocycles. The summed E-state index contributed by atoms with van der Waals surface area (Å²) in [4.78, 5) is 34.5. The molecule has 3 atom stereocenters. The first-order valence-electron chi connectivity index (χ1n) is 12.4. The van der Waals surface area contributed by atoms with Crippen molar-refractivity contribution in [1.29, 1.82) is 0 Å². The van der Waals surface area contributed by atoms with E-state index in [0.717, 1.165) is 47.2 Å². The van der Waals surface area contributed by atoms with E-state index in [1.54, 1.807) is 4.90 Å². The highest BCUT2D eigenvalue weighted by Crippen LogP contribution is 2.42. The average molecular weight is 458 g/mol. The van der Waals surface area contributed by atoms with Gasteiger partial charge in [-0.25, -0.2) is 0 Å². The zero-order valence-electron chi connectivity index (χ0n) is 19.8. The smallest absolute Gasteiger partial charge is 0.246 e. The molecule has 6 heteroatoms. The maximum absolute atomic E-state index is 13.7. The van der Waals surface area contributed by atoms with Crippen LogP contribution in [0.4, 0.5) is 0 Å². The van der Waals surface area contributed by atoms with Crippen molar-refractivity contribution in [2.24, 2.45) is 0 Å². The van der Waals surface area contributed by atoms with Gasteiger partial charge in [0.25, 0.3) is 0 Å². The van der Waals surface area contributed by atoms with Gasteiger partial charge in [0, 0.05) is 36.2 Å². The molecule has 6 nitrogen and oxygen atoms in total. The molecule has 4 heterocycles. The van der Waals surface area contributed by atoms with Gasteiger partial charge in [-0.05, 0) is 41.5 Å². The molecule has 6 rings (SSSR count). The van der Waals surface area contributed by atoms with Crippen molar-refractivity contribution >= 4 is 22.7 Å². The van der Waals surface area contributed by atoms with E-state index >= 15 is 0 Å². The maximum atomic E-state index is 13.7. The lowest BCUT2D eigenvalue weighted by molar-refractivity contribution is -0.159. The highest BCUT2D eigenvalue weighted by molar-refractivity contribution is 5.97. The molecule has 0 radical (unpaired) electrons. The van der Waals surface area contributed by atoms with Crippen molar-refractivity contribution in [2.45, 2.75) is 57.2 Å². The molecule has 0 spiro atoms. The van der Waals surface area contributed by atoms with Crippen LogP contribution in [0.2, 0.25) is 0 Å². The van der Waals surface area contributed by atoms with Crippen LogP contribution >= 0.6 is 0 Å². The van der Waals surface area contributed by atoms with Crippen LogP contribution in [0.15, 0.2) is 48.5 Å². The Bertz CT molecular complexity index is 1240. The number of nitrogens with zero attached hydrogens (tertiary/aromatic N) is 2. The van der Waals surface area contributed by atoms with Crippen LogP contribution in [0, 0.1) is 0 Å². The van der Waals surface area contributed by atoms with E-state index in [9.17, 15) is 9.59 Å². The number of ether oxygens (including phenoxy) is 1. The summed E-state index contributed by atoms with van der Waals surface area (Å²) >= 11 is 0. The molecule has 3 aliphatic heterocycles. The van der Waals surface area contributed by atoms with Crippen molar-refractivity contribution in [1.82, 2.24) is 14.8 Å². The predicted molar refractivity (Wildman–Crippen MR) is 131 cm³/mol. The van der Waals surface area contributed by atoms with E-state index in [2.05, 4.69) is 55.2 Å². The Labute approximate surface area is 199 Å². The summed E-state index contributed by atoms with van der Waals surface area (Å²) in [6.45, 7) is 5.71. The minimum Gasteiger partial charge on any atom is -0.376 e. The van der Waals surface area contributed by atoms with E-state index in [-0.39, 0.29) is 30.5 Å². The van der Waals surface area contributed by atoms with Gasteiger partial charge in [-0.1, -0.05) is 56.3 Å². The molecular weight excluding hydrogens is 426 g/mol. The van der Waals surface area contributed by atoms with Gasteiger partial charge >= 0.3 is 0 Å². The molecule has 0 saturated carbocycles. The van der Waals surface area contributed by atoms with E-state index in [1.807, 2.05) is 17.0 Å². The number of nitrogens with one attached hydrogen (secondary N) is 1. The lowest BCUT2D eigenvalue weighted by Crippen LogP contribution is -2.63. The molecule has 0 unspecified atom stereocenters. The van der Waals surface area contributed by atoms with Crippen LogP contribution in [0.3, 0.4) is 0 Å². The van der Waals surface area contributed by atoms with Gasteiger partial charge in [-0.3, -0.25) is 9.59 Å². The fraction of sp³-hybridized carbons (Fsp3) is 0.429. The van der Waals surface area contributed by atoms with Crippen LogP contribution in [-0.4, -0.2) is 58.4 Å². The summed E-state index contributed by atoms with van der Waals surface area (Å²) in [6.07, 6.45) is 2.54. The minimum atomic E-state index is -0.496. The van der Waals surface area contributed by atoms with E-state index in [0.29, 0.717) is 18.9 Å². The van der Waals surface area contributed by atoms with Crippen molar-refractivity contribution in [3.05, 3.63) is 70.9 Å². The normalized spacial score (nSPS) is 24.7. The molecule has 1 N–H and O–H groups in total. The quantitative estimate of drug-likeness (QED) is 0.640. The Kier molecular flexibility index (Phi) is 5.21. The standard InChI is InChI=1S/C28H31N3O3/c1-17(2)18-9-11-19(12-10-18)27-26-22(21-7-3-4-8-23(21)29-26)14-24-28(33)30(16-25(32)31(24)27)15-20-6-5-13-34-20/h3-4,7-12,17,20,24,27,29H,5-6,13-16H2,1-2H3/t20-,24-,27-/m0/s1. The second-order valence-corrected chi connectivity index (χ2v) is 10.2. The van der Waals surface area contributed by atoms with Gasteiger partial charge in [0.1, 0.15) is 6.04 Å². The highest BCUT2D eigenvalue weighted by atomic mass is 16.5. The number of carbonyl (C=O) groups is 2. The fourth-order valence-electron chi connectivity index (χ4n) is 5.92. The number of para-hydroxylation sites is 1. The molecule has 2 amide bonds. The number of benzene rings is 2. The van der Waals surface area contributed by atoms with Crippen LogP contribution in [0.1, 0.15) is 61.0 Å². The van der Waals surface area contributed by atoms with Crippen LogP contribution < -0.4 is 0 Å². The molecule has 0 aliphatic carbocycles. The third kappa shape index (κ3) is 3.43. The van der Waals surface area contributed by atoms with Crippen LogP contribution in [0.5, 0.6) is 0 Å². The summed E-state index contributed by atoms with van der Waals surface area (Å²) in [7, 11) is 0. The highest BCUT2D eigenvalue weighted by Gasteiger charge is 2.48. The van der Waals surface area contributed by atoms with E-state index < -0.39 is 6.04 Å². The summed E-state index contributed by atoms with van der Waals surface area (Å²) < 4.78 is 5.77. The summed E-state index contributed by atoms with van der Waals surface area (Å²) in [5.41, 5.74) is 5.53. The monoisotopic (exact) mass is 457 g/mol. The van der Waals surface area contributed by atoms with Crippen molar-refractivity contribution < 1.29 is 14.3 Å². The zero-order valence-corrected chi connectivity index (χ0v) is 19.8. The lowest BCUT2D eigenvalue weighted by atomic mass is 9.85. The number of rotatable bonds is 4. The Morgan fingerprint density at radius 1 is 1.09 bits per heavy atom. The molecule has 1 aromatic heterocycles. The number of H-pyrrole nitrogens is 1. The summed E-state index contributed by atoms with van der Waals surface area (Å²) in [5, 5.41) is 1.14. The summed E-state index contributed by atoms with van der Waals surface area (Å²) in [6, 6.07) is 16.0. The van der Waals surface area contributed by atoms with Crippen molar-refractivity contribution in [3.8, 4) is 0 Å². The van der Waals surface area contributed by atoms with Crippen LogP contribution in [-0.2, 0) is 20.7 Å². The largest absolute Gasteiger partial charge is 0.376 e. The van der Waals surface area contributed by atoms with Gasteiger partial charge in [0.2, 0.25) is 11.8 Å². The van der Waals surface area contributed by atoms with Gasteiger partial charge < -0.3 is 19.5 Å². The number of piperazine rings is 1. The maximum Gasteiger partial charge on any atom is 0.246 e. The fourth-order valence-corrected chi connectivity index (χ4v) is 5.92. The number of hydrogen-bond donors (Lipinski definition) is 1. The second kappa shape index (κ2) is 8.27. The number of aromatic nitrogens is 1. The topological polar surface area (TPSA) is 65.6 Å². The third-order valence-corrected chi connectivity index (χ3v) is 7.71. The Morgan fingerprint density at radius 3 is 2.62 bits per heavy atom. The Morgan fingerprint density at radius 2 is 1.88 bits per heavy atom. The molecular formula is C28H31N3O3. The molecule has 34 heavy (non-hydrogen) atoms.